The van der Waals surface area contributed by atoms with Crippen molar-refractivity contribution in [2.45, 2.75) is 25.4 Å². The summed E-state index contributed by atoms with van der Waals surface area (Å²) >= 11 is 5.99. The van der Waals surface area contributed by atoms with E-state index < -0.39 is 6.03 Å². The van der Waals surface area contributed by atoms with E-state index in [9.17, 15) is 14.4 Å². The number of carbonyl (C=O) groups excluding carboxylic acids is 2. The van der Waals surface area contributed by atoms with Gasteiger partial charge in [0, 0.05) is 60.1 Å². The summed E-state index contributed by atoms with van der Waals surface area (Å²) in [5.74, 6) is 0.261. The number of nitrogens with one attached hydrogen (secondary N) is 3. The summed E-state index contributed by atoms with van der Waals surface area (Å²) in [6.07, 6.45) is 1.01. The smallest absolute Gasteiger partial charge is 0.323 e. The third-order valence-corrected chi connectivity index (χ3v) is 7.98. The Kier molecular flexibility index (Phi) is 7.48. The number of carbonyl (C=O) groups is 2. The minimum atomic E-state index is -0.426. The Bertz CT molecular complexity index is 1640. The van der Waals surface area contributed by atoms with Gasteiger partial charge in [-0.05, 0) is 66.4 Å². The van der Waals surface area contributed by atoms with Crippen molar-refractivity contribution in [2.24, 2.45) is 5.92 Å². The highest BCUT2D eigenvalue weighted by Gasteiger charge is 2.35. The maximum absolute atomic E-state index is 13.1. The average Bonchev–Trinajstić information content (AvgIpc) is 2.98. The molecule has 8 nitrogen and oxygen atoms in total. The van der Waals surface area contributed by atoms with E-state index in [0.717, 1.165) is 29.9 Å². The summed E-state index contributed by atoms with van der Waals surface area (Å²) in [4.78, 5) is 40.9. The van der Waals surface area contributed by atoms with E-state index in [2.05, 4.69) is 20.9 Å². The first-order chi connectivity index (χ1) is 19.9. The van der Waals surface area contributed by atoms with Crippen LogP contribution < -0.4 is 26.4 Å². The van der Waals surface area contributed by atoms with E-state index in [1.54, 1.807) is 42.5 Å². The lowest BCUT2D eigenvalue weighted by atomic mass is 9.83. The van der Waals surface area contributed by atoms with Crippen molar-refractivity contribution in [1.29, 1.82) is 0 Å². The van der Waals surface area contributed by atoms with Crippen molar-refractivity contribution in [3.8, 4) is 0 Å². The lowest BCUT2D eigenvalue weighted by Crippen LogP contribution is -2.47. The van der Waals surface area contributed by atoms with Crippen LogP contribution >= 0.6 is 11.6 Å². The third-order valence-electron chi connectivity index (χ3n) is 7.73. The fraction of sp³-hybridized carbons (Fsp3) is 0.219. The highest BCUT2D eigenvalue weighted by molar-refractivity contribution is 6.30. The minimum Gasteiger partial charge on any atom is -0.369 e. The number of hydrogen-bond acceptors (Lipinski definition) is 4. The normalized spacial score (nSPS) is 17.3. The van der Waals surface area contributed by atoms with E-state index in [0.29, 0.717) is 47.5 Å². The molecule has 9 heteroatoms. The molecule has 1 fully saturated rings. The Labute approximate surface area is 243 Å². The van der Waals surface area contributed by atoms with Gasteiger partial charge in [0.1, 0.15) is 0 Å². The molecule has 2 bridgehead atoms. The molecule has 1 aromatic heterocycles. The van der Waals surface area contributed by atoms with Crippen molar-refractivity contribution >= 4 is 40.6 Å². The van der Waals surface area contributed by atoms with E-state index in [-0.39, 0.29) is 17.4 Å². The molecule has 6 rings (SSSR count). The molecule has 41 heavy (non-hydrogen) atoms. The zero-order chi connectivity index (χ0) is 28.3. The van der Waals surface area contributed by atoms with Crippen LogP contribution in [-0.4, -0.2) is 29.6 Å². The number of rotatable bonds is 6. The standard InChI is InChI=1S/C32H30ClN5O3/c33-25-10-12-26(13-11-25)35-32(41)36-27-16-23(31(40)34-17-21-5-2-1-3-6-21)9-14-29(27)37-18-22-15-24(20-37)28-7-4-8-30(39)38(28)19-22/h1-14,16,22,24H,15,17-20H2,(H,34,40)(H2,35,36,41). The van der Waals surface area contributed by atoms with Crippen molar-refractivity contribution in [3.05, 3.63) is 123 Å². The molecule has 1 saturated heterocycles. The Morgan fingerprint density at radius 2 is 1.66 bits per heavy atom. The molecular formula is C32H30ClN5O3. The van der Waals surface area contributed by atoms with Crippen LogP contribution in [-0.2, 0) is 13.1 Å². The number of halogens is 1. The summed E-state index contributed by atoms with van der Waals surface area (Å²) in [6.45, 7) is 2.51. The second kappa shape index (κ2) is 11.5. The predicted octanol–water partition coefficient (Wildman–Crippen LogP) is 5.70. The van der Waals surface area contributed by atoms with Gasteiger partial charge in [-0.1, -0.05) is 48.0 Å². The van der Waals surface area contributed by atoms with Crippen LogP contribution in [0.25, 0.3) is 0 Å². The Hall–Kier alpha value is -4.56. The van der Waals surface area contributed by atoms with Crippen LogP contribution in [0.3, 0.4) is 0 Å². The molecule has 0 aliphatic carbocycles. The van der Waals surface area contributed by atoms with E-state index in [4.69, 9.17) is 11.6 Å². The van der Waals surface area contributed by atoms with Gasteiger partial charge >= 0.3 is 6.03 Å². The summed E-state index contributed by atoms with van der Waals surface area (Å²) in [6, 6.07) is 27.0. The van der Waals surface area contributed by atoms with E-state index in [1.807, 2.05) is 53.1 Å². The molecule has 0 saturated carbocycles. The predicted molar refractivity (Wildman–Crippen MR) is 162 cm³/mol. The fourth-order valence-electron chi connectivity index (χ4n) is 5.84. The van der Waals surface area contributed by atoms with Gasteiger partial charge in [0.25, 0.3) is 11.5 Å². The monoisotopic (exact) mass is 567 g/mol. The van der Waals surface area contributed by atoms with Gasteiger partial charge in [0.15, 0.2) is 0 Å². The van der Waals surface area contributed by atoms with Gasteiger partial charge in [-0.15, -0.1) is 0 Å². The molecular weight excluding hydrogens is 538 g/mol. The highest BCUT2D eigenvalue weighted by atomic mass is 35.5. The summed E-state index contributed by atoms with van der Waals surface area (Å²) in [5.41, 5.74) is 4.49. The number of nitrogens with zero attached hydrogens (tertiary/aromatic N) is 2. The van der Waals surface area contributed by atoms with Crippen molar-refractivity contribution in [1.82, 2.24) is 9.88 Å². The summed E-state index contributed by atoms with van der Waals surface area (Å²) in [5, 5.41) is 9.35. The number of pyridine rings is 1. The second-order valence-corrected chi connectivity index (χ2v) is 11.0. The molecule has 2 unspecified atom stereocenters. The van der Waals surface area contributed by atoms with Crippen LogP contribution in [0.15, 0.2) is 95.8 Å². The number of urea groups is 1. The van der Waals surface area contributed by atoms with Gasteiger partial charge in [-0.3, -0.25) is 9.59 Å². The molecule has 3 aromatic carbocycles. The molecule has 2 atom stereocenters. The lowest BCUT2D eigenvalue weighted by molar-refractivity contribution is 0.0951. The average molecular weight is 568 g/mol. The Morgan fingerprint density at radius 3 is 2.46 bits per heavy atom. The van der Waals surface area contributed by atoms with Crippen LogP contribution in [0.2, 0.25) is 5.02 Å². The summed E-state index contributed by atoms with van der Waals surface area (Å²) < 4.78 is 1.90. The van der Waals surface area contributed by atoms with Crippen LogP contribution in [0.4, 0.5) is 21.9 Å². The van der Waals surface area contributed by atoms with Gasteiger partial charge in [0.05, 0.1) is 11.4 Å². The number of anilines is 3. The SMILES string of the molecule is O=C(Nc1ccc(Cl)cc1)Nc1cc(C(=O)NCc2ccccc2)ccc1N1CC2CC(C1)c1cccc(=O)n1C2. The van der Waals surface area contributed by atoms with Crippen LogP contribution in [0, 0.1) is 5.92 Å². The number of fused-ring (bicyclic) bond motifs is 4. The van der Waals surface area contributed by atoms with Crippen molar-refractivity contribution in [3.63, 3.8) is 0 Å². The van der Waals surface area contributed by atoms with E-state index in [1.165, 1.54) is 0 Å². The first kappa shape index (κ1) is 26.7. The largest absolute Gasteiger partial charge is 0.369 e. The zero-order valence-corrected chi connectivity index (χ0v) is 23.1. The lowest BCUT2D eigenvalue weighted by Gasteiger charge is -2.44. The molecule has 0 radical (unpaired) electrons. The molecule has 4 aromatic rings. The molecule has 3 N–H and O–H groups in total. The van der Waals surface area contributed by atoms with Crippen molar-refractivity contribution in [2.75, 3.05) is 28.6 Å². The quantitative estimate of drug-likeness (QED) is 0.278. The van der Waals surface area contributed by atoms with Crippen LogP contribution in [0.5, 0.6) is 0 Å². The van der Waals surface area contributed by atoms with Crippen molar-refractivity contribution < 1.29 is 9.59 Å². The number of benzene rings is 3. The van der Waals surface area contributed by atoms with Gasteiger partial charge in [-0.2, -0.15) is 0 Å². The van der Waals surface area contributed by atoms with Gasteiger partial charge in [0.2, 0.25) is 0 Å². The first-order valence-corrected chi connectivity index (χ1v) is 14.0. The first-order valence-electron chi connectivity index (χ1n) is 13.7. The maximum atomic E-state index is 13.1. The van der Waals surface area contributed by atoms with Gasteiger partial charge < -0.3 is 25.4 Å². The number of aromatic nitrogens is 1. The molecule has 2 aliphatic rings. The number of piperidine rings is 1. The third kappa shape index (κ3) is 5.98. The number of amides is 3. The number of hydrogen-bond donors (Lipinski definition) is 3. The van der Waals surface area contributed by atoms with E-state index >= 15 is 0 Å². The summed E-state index contributed by atoms with van der Waals surface area (Å²) in [7, 11) is 0. The topological polar surface area (TPSA) is 95.5 Å². The second-order valence-electron chi connectivity index (χ2n) is 10.6. The maximum Gasteiger partial charge on any atom is 0.323 e. The molecule has 2 aliphatic heterocycles. The highest BCUT2D eigenvalue weighted by Crippen LogP contribution is 2.39. The molecule has 3 heterocycles. The van der Waals surface area contributed by atoms with Crippen LogP contribution in [0.1, 0.15) is 34.0 Å². The molecule has 0 spiro atoms. The Balaban J connectivity index is 1.26. The Morgan fingerprint density at radius 1 is 0.854 bits per heavy atom. The fourth-order valence-corrected chi connectivity index (χ4v) is 5.97. The molecule has 3 amide bonds. The minimum absolute atomic E-state index is 0.0396. The zero-order valence-electron chi connectivity index (χ0n) is 22.3. The van der Waals surface area contributed by atoms with Gasteiger partial charge in [-0.25, -0.2) is 4.79 Å². The molecule has 208 valence electrons.